The molecule has 0 unspecified atom stereocenters. The highest BCUT2D eigenvalue weighted by Gasteiger charge is 1.97. The second kappa shape index (κ2) is 10.5. The van der Waals surface area contributed by atoms with Gasteiger partial charge in [-0.2, -0.15) is 15.0 Å². The monoisotopic (exact) mass is 277 g/mol. The summed E-state index contributed by atoms with van der Waals surface area (Å²) in [7, 11) is 0. The first-order valence-corrected chi connectivity index (χ1v) is 6.58. The number of aromatic nitrogens is 3. The van der Waals surface area contributed by atoms with Crippen molar-refractivity contribution in [3.63, 3.8) is 0 Å². The van der Waals surface area contributed by atoms with Gasteiger partial charge in [0.25, 0.3) is 0 Å². The van der Waals surface area contributed by atoms with Crippen molar-refractivity contribution >= 4 is 11.9 Å². The highest BCUT2D eigenvalue weighted by molar-refractivity contribution is 5.30. The van der Waals surface area contributed by atoms with E-state index in [1.807, 2.05) is 26.8 Å². The number of nitrogens with one attached hydrogen (secondary N) is 1. The van der Waals surface area contributed by atoms with Crippen molar-refractivity contribution in [2.75, 3.05) is 17.6 Å². The van der Waals surface area contributed by atoms with Gasteiger partial charge in [-0.15, -0.1) is 0 Å². The third-order valence-corrected chi connectivity index (χ3v) is 1.86. The molecule has 0 bridgehead atoms. The summed E-state index contributed by atoms with van der Waals surface area (Å²) in [5, 5.41) is 11.6. The van der Waals surface area contributed by atoms with Gasteiger partial charge in [0, 0.05) is 6.54 Å². The lowest BCUT2D eigenvalue weighted by Gasteiger charge is -2.01. The lowest BCUT2D eigenvalue weighted by atomic mass is 10.3. The quantitative estimate of drug-likeness (QED) is 0.780. The Morgan fingerprint density at radius 2 is 1.70 bits per heavy atom. The topological polar surface area (TPSA) is 97.0 Å². The van der Waals surface area contributed by atoms with Crippen molar-refractivity contribution < 1.29 is 5.11 Å². The van der Waals surface area contributed by atoms with Gasteiger partial charge in [-0.1, -0.05) is 32.0 Å². The highest BCUT2D eigenvalue weighted by Crippen LogP contribution is 2.02. The molecule has 0 fully saturated rings. The molecular formula is C14H23N5O. The molecule has 4 N–H and O–H groups in total. The largest absolute Gasteiger partial charge is 0.508 e. The average Bonchev–Trinajstić information content (AvgIpc) is 2.42. The summed E-state index contributed by atoms with van der Waals surface area (Å²) in [5.74, 6) is 1.75. The molecule has 0 amide bonds. The number of nitrogen functional groups attached to an aromatic ring is 1. The standard InChI is InChI=1S/C6H11N5.C6H6O.C2H6/c1-3-8-6-10-4(2)9-5(7)11-6;7-6-4-2-1-3-5-6;1-2/h3H2,1-2H3,(H3,7,8,9,10,11);1-5,7H;1-2H3. The van der Waals surface area contributed by atoms with Gasteiger partial charge in [0.05, 0.1) is 0 Å². The third kappa shape index (κ3) is 7.86. The minimum atomic E-state index is 0.258. The maximum atomic E-state index is 8.63. The van der Waals surface area contributed by atoms with Crippen LogP contribution in [0, 0.1) is 6.92 Å². The number of nitrogens with two attached hydrogens (primary N) is 1. The molecule has 110 valence electrons. The molecule has 1 aromatic heterocycles. The number of phenolic OH excluding ortho intramolecular Hbond substituents is 1. The van der Waals surface area contributed by atoms with Gasteiger partial charge < -0.3 is 16.2 Å². The van der Waals surface area contributed by atoms with E-state index in [4.69, 9.17) is 10.8 Å². The van der Waals surface area contributed by atoms with E-state index in [2.05, 4.69) is 20.3 Å². The zero-order chi connectivity index (χ0) is 15.4. The Hall–Kier alpha value is -2.37. The van der Waals surface area contributed by atoms with Gasteiger partial charge in [0.2, 0.25) is 11.9 Å². The predicted octanol–water partition coefficient (Wildman–Crippen LogP) is 2.61. The summed E-state index contributed by atoms with van der Waals surface area (Å²) < 4.78 is 0. The SMILES string of the molecule is CC.CCNc1nc(C)nc(N)n1.Oc1ccccc1. The van der Waals surface area contributed by atoms with E-state index in [1.165, 1.54) is 0 Å². The first-order chi connectivity index (χ1) is 9.61. The number of anilines is 2. The van der Waals surface area contributed by atoms with E-state index in [9.17, 15) is 0 Å². The van der Waals surface area contributed by atoms with Crippen LogP contribution < -0.4 is 11.1 Å². The summed E-state index contributed by atoms with van der Waals surface area (Å²) in [6.07, 6.45) is 0. The van der Waals surface area contributed by atoms with Gasteiger partial charge in [-0.3, -0.25) is 0 Å². The van der Waals surface area contributed by atoms with Crippen LogP contribution >= 0.6 is 0 Å². The van der Waals surface area contributed by atoms with E-state index < -0.39 is 0 Å². The van der Waals surface area contributed by atoms with Crippen LogP contribution in [0.15, 0.2) is 30.3 Å². The molecule has 2 rings (SSSR count). The lowest BCUT2D eigenvalue weighted by Crippen LogP contribution is -2.07. The van der Waals surface area contributed by atoms with E-state index in [-0.39, 0.29) is 5.95 Å². The predicted molar refractivity (Wildman–Crippen MR) is 82.6 cm³/mol. The Morgan fingerprint density at radius 1 is 1.10 bits per heavy atom. The third-order valence-electron chi connectivity index (χ3n) is 1.86. The van der Waals surface area contributed by atoms with Gasteiger partial charge in [0.15, 0.2) is 0 Å². The van der Waals surface area contributed by atoms with Crippen LogP contribution in [0.25, 0.3) is 0 Å². The number of para-hydroxylation sites is 1. The van der Waals surface area contributed by atoms with Crippen LogP contribution in [-0.2, 0) is 0 Å². The number of aromatic hydroxyl groups is 1. The fourth-order valence-corrected chi connectivity index (χ4v) is 1.17. The zero-order valence-corrected chi connectivity index (χ0v) is 12.5. The van der Waals surface area contributed by atoms with Crippen LogP contribution in [0.3, 0.4) is 0 Å². The lowest BCUT2D eigenvalue weighted by molar-refractivity contribution is 0.475. The van der Waals surface area contributed by atoms with Crippen LogP contribution in [0.5, 0.6) is 5.75 Å². The van der Waals surface area contributed by atoms with E-state index in [1.54, 1.807) is 31.2 Å². The molecule has 0 radical (unpaired) electrons. The van der Waals surface area contributed by atoms with Gasteiger partial charge in [-0.25, -0.2) is 0 Å². The van der Waals surface area contributed by atoms with Crippen molar-refractivity contribution in [3.05, 3.63) is 36.2 Å². The van der Waals surface area contributed by atoms with Gasteiger partial charge in [0.1, 0.15) is 11.6 Å². The molecule has 20 heavy (non-hydrogen) atoms. The number of phenols is 1. The highest BCUT2D eigenvalue weighted by atomic mass is 16.3. The Balaban J connectivity index is 0.000000345. The van der Waals surface area contributed by atoms with Gasteiger partial charge in [-0.05, 0) is 26.0 Å². The number of nitrogens with zero attached hydrogens (tertiary/aromatic N) is 3. The Labute approximate surface area is 120 Å². The minimum absolute atomic E-state index is 0.258. The van der Waals surface area contributed by atoms with Crippen LogP contribution in [0.4, 0.5) is 11.9 Å². The zero-order valence-electron chi connectivity index (χ0n) is 12.5. The van der Waals surface area contributed by atoms with Crippen molar-refractivity contribution in [3.8, 4) is 5.75 Å². The van der Waals surface area contributed by atoms with Crippen molar-refractivity contribution in [1.82, 2.24) is 15.0 Å². The number of hydrogen-bond acceptors (Lipinski definition) is 6. The fraction of sp³-hybridized carbons (Fsp3) is 0.357. The molecule has 0 aliphatic carbocycles. The van der Waals surface area contributed by atoms with E-state index in [0.717, 1.165) is 6.54 Å². The first kappa shape index (κ1) is 17.6. The van der Waals surface area contributed by atoms with E-state index in [0.29, 0.717) is 17.5 Å². The molecule has 0 spiro atoms. The summed E-state index contributed by atoms with van der Waals surface area (Å²) in [6.45, 7) is 8.52. The Morgan fingerprint density at radius 3 is 2.10 bits per heavy atom. The Kier molecular flexibility index (Phi) is 9.29. The van der Waals surface area contributed by atoms with Crippen molar-refractivity contribution in [2.45, 2.75) is 27.7 Å². The Bertz CT molecular complexity index is 456. The molecule has 0 aliphatic heterocycles. The molecule has 1 heterocycles. The number of hydrogen-bond donors (Lipinski definition) is 3. The second-order valence-corrected chi connectivity index (χ2v) is 3.43. The maximum Gasteiger partial charge on any atom is 0.227 e. The van der Waals surface area contributed by atoms with Crippen LogP contribution in [0.2, 0.25) is 0 Å². The molecule has 0 saturated carbocycles. The molecular weight excluding hydrogens is 254 g/mol. The fourth-order valence-electron chi connectivity index (χ4n) is 1.17. The normalized spacial score (nSPS) is 8.60. The summed E-state index contributed by atoms with van der Waals surface area (Å²) in [6, 6.07) is 8.71. The summed E-state index contributed by atoms with van der Waals surface area (Å²) >= 11 is 0. The molecule has 0 aliphatic rings. The molecule has 0 atom stereocenters. The minimum Gasteiger partial charge on any atom is -0.508 e. The second-order valence-electron chi connectivity index (χ2n) is 3.43. The molecule has 2 aromatic rings. The summed E-state index contributed by atoms with van der Waals surface area (Å²) in [5.41, 5.74) is 5.39. The molecule has 6 nitrogen and oxygen atoms in total. The number of rotatable bonds is 2. The molecule has 6 heteroatoms. The van der Waals surface area contributed by atoms with Gasteiger partial charge >= 0.3 is 0 Å². The molecule has 1 aromatic carbocycles. The van der Waals surface area contributed by atoms with Crippen LogP contribution in [0.1, 0.15) is 26.6 Å². The summed E-state index contributed by atoms with van der Waals surface area (Å²) in [4.78, 5) is 11.7. The van der Waals surface area contributed by atoms with Crippen molar-refractivity contribution in [1.29, 1.82) is 0 Å². The van der Waals surface area contributed by atoms with E-state index >= 15 is 0 Å². The van der Waals surface area contributed by atoms with Crippen molar-refractivity contribution in [2.24, 2.45) is 0 Å². The average molecular weight is 277 g/mol. The smallest absolute Gasteiger partial charge is 0.227 e. The number of benzene rings is 1. The van der Waals surface area contributed by atoms with Crippen LogP contribution in [-0.4, -0.2) is 26.6 Å². The molecule has 0 saturated heterocycles. The first-order valence-electron chi connectivity index (χ1n) is 6.58. The maximum absolute atomic E-state index is 8.63. The number of aryl methyl sites for hydroxylation is 1.